The van der Waals surface area contributed by atoms with Crippen LogP contribution in [0.1, 0.15) is 36.4 Å². The van der Waals surface area contributed by atoms with E-state index < -0.39 is 0 Å². The van der Waals surface area contributed by atoms with Gasteiger partial charge in [-0.05, 0) is 36.6 Å². The summed E-state index contributed by atoms with van der Waals surface area (Å²) in [5, 5.41) is 7.79. The number of rotatable bonds is 6. The summed E-state index contributed by atoms with van der Waals surface area (Å²) in [6, 6.07) is 6.95. The molecule has 4 rings (SSSR count). The third kappa shape index (κ3) is 5.43. The van der Waals surface area contributed by atoms with Crippen LogP contribution in [0.15, 0.2) is 41.7 Å². The van der Waals surface area contributed by atoms with Gasteiger partial charge in [0.1, 0.15) is 5.82 Å². The Balaban J connectivity index is 1.50. The highest BCUT2D eigenvalue weighted by atomic mass is 19.1. The Morgan fingerprint density at radius 1 is 1.32 bits per heavy atom. The lowest BCUT2D eigenvalue weighted by Crippen LogP contribution is -2.42. The predicted octanol–water partition coefficient (Wildman–Crippen LogP) is 2.39. The second-order valence-corrected chi connectivity index (χ2v) is 8.29. The van der Waals surface area contributed by atoms with Crippen molar-refractivity contribution >= 4 is 5.96 Å². The summed E-state index contributed by atoms with van der Waals surface area (Å²) >= 11 is 0. The van der Waals surface area contributed by atoms with Crippen LogP contribution in [-0.4, -0.2) is 78.0 Å². The van der Waals surface area contributed by atoms with Gasteiger partial charge in [-0.25, -0.2) is 4.39 Å². The van der Waals surface area contributed by atoms with Crippen LogP contribution in [0.2, 0.25) is 0 Å². The van der Waals surface area contributed by atoms with Crippen LogP contribution < -0.4 is 5.32 Å². The minimum Gasteiger partial charge on any atom is -0.379 e. The van der Waals surface area contributed by atoms with Gasteiger partial charge in [0.2, 0.25) is 0 Å². The van der Waals surface area contributed by atoms with Crippen LogP contribution in [0.4, 0.5) is 4.39 Å². The van der Waals surface area contributed by atoms with Gasteiger partial charge in [-0.15, -0.1) is 0 Å². The molecule has 0 radical (unpaired) electrons. The fourth-order valence-electron chi connectivity index (χ4n) is 4.51. The molecule has 2 aliphatic heterocycles. The summed E-state index contributed by atoms with van der Waals surface area (Å²) in [6.07, 6.45) is 5.17. The van der Waals surface area contributed by atoms with Gasteiger partial charge in [0.05, 0.1) is 32.0 Å². The van der Waals surface area contributed by atoms with E-state index in [1.807, 2.05) is 24.0 Å². The molecule has 2 aromatic rings. The second kappa shape index (κ2) is 10.2. The van der Waals surface area contributed by atoms with Gasteiger partial charge in [0, 0.05) is 51.9 Å². The van der Waals surface area contributed by atoms with Crippen molar-refractivity contribution < 1.29 is 9.13 Å². The monoisotopic (exact) mass is 428 g/mol. The highest BCUT2D eigenvalue weighted by Crippen LogP contribution is 2.27. The Bertz CT molecular complexity index is 878. The standard InChI is InChI=1S/C23H33FN6O/c1-3-25-23(30-8-7-19(17-30)20-14-27-28(2)16-20)26-15-22(29-9-11-31-12-10-29)18-5-4-6-21(24)13-18/h4-6,13-14,16,19,22H,3,7-12,15,17H2,1-2H3,(H,25,26). The molecule has 0 amide bonds. The van der Waals surface area contributed by atoms with Crippen molar-refractivity contribution in [2.75, 3.05) is 52.5 Å². The van der Waals surface area contributed by atoms with Crippen LogP contribution >= 0.6 is 0 Å². The van der Waals surface area contributed by atoms with Crippen LogP contribution in [0.3, 0.4) is 0 Å². The zero-order valence-corrected chi connectivity index (χ0v) is 18.5. The van der Waals surface area contributed by atoms with Crippen LogP contribution in [0.25, 0.3) is 0 Å². The number of hydrogen-bond acceptors (Lipinski definition) is 4. The zero-order valence-electron chi connectivity index (χ0n) is 18.5. The van der Waals surface area contributed by atoms with E-state index in [1.54, 1.807) is 12.1 Å². The number of aryl methyl sites for hydroxylation is 1. The molecule has 3 heterocycles. The average Bonchev–Trinajstić information content (AvgIpc) is 3.43. The Hall–Kier alpha value is -2.45. The molecule has 0 saturated carbocycles. The van der Waals surface area contributed by atoms with Gasteiger partial charge in [0.25, 0.3) is 0 Å². The maximum atomic E-state index is 14.0. The van der Waals surface area contributed by atoms with Gasteiger partial charge in [-0.1, -0.05) is 12.1 Å². The van der Waals surface area contributed by atoms with Crippen LogP contribution in [0.5, 0.6) is 0 Å². The summed E-state index contributed by atoms with van der Waals surface area (Å²) in [7, 11) is 1.96. The Morgan fingerprint density at radius 2 is 2.16 bits per heavy atom. The van der Waals surface area contributed by atoms with E-state index in [2.05, 4.69) is 33.3 Å². The number of aliphatic imine (C=N–C) groups is 1. The molecule has 2 saturated heterocycles. The first-order chi connectivity index (χ1) is 15.1. The highest BCUT2D eigenvalue weighted by Gasteiger charge is 2.28. The van der Waals surface area contributed by atoms with E-state index in [-0.39, 0.29) is 11.9 Å². The van der Waals surface area contributed by atoms with E-state index in [1.165, 1.54) is 11.6 Å². The van der Waals surface area contributed by atoms with Crippen molar-refractivity contribution in [3.05, 3.63) is 53.6 Å². The van der Waals surface area contributed by atoms with Gasteiger partial charge in [0.15, 0.2) is 5.96 Å². The van der Waals surface area contributed by atoms with Crippen molar-refractivity contribution in [2.24, 2.45) is 12.0 Å². The van der Waals surface area contributed by atoms with E-state index >= 15 is 0 Å². The van der Waals surface area contributed by atoms with E-state index in [0.717, 1.165) is 50.7 Å². The normalized spacial score (nSPS) is 21.5. The molecule has 31 heavy (non-hydrogen) atoms. The maximum absolute atomic E-state index is 14.0. The molecule has 0 bridgehead atoms. The SMILES string of the molecule is CCNC(=NCC(c1cccc(F)c1)N1CCOCC1)N1CCC(c2cnn(C)c2)C1. The summed E-state index contributed by atoms with van der Waals surface area (Å²) < 4.78 is 21.4. The lowest BCUT2D eigenvalue weighted by molar-refractivity contribution is 0.0179. The highest BCUT2D eigenvalue weighted by molar-refractivity contribution is 5.80. The number of likely N-dealkylation sites (tertiary alicyclic amines) is 1. The van der Waals surface area contributed by atoms with E-state index in [9.17, 15) is 4.39 Å². The number of ether oxygens (including phenoxy) is 1. The smallest absolute Gasteiger partial charge is 0.194 e. The molecule has 7 nitrogen and oxygen atoms in total. The number of nitrogens with one attached hydrogen (secondary N) is 1. The minimum absolute atomic E-state index is 0.0324. The maximum Gasteiger partial charge on any atom is 0.194 e. The van der Waals surface area contributed by atoms with Crippen molar-refractivity contribution in [1.29, 1.82) is 0 Å². The molecule has 168 valence electrons. The molecule has 0 aliphatic carbocycles. The number of morpholine rings is 1. The first kappa shape index (κ1) is 21.8. The summed E-state index contributed by atoms with van der Waals surface area (Å²) in [4.78, 5) is 9.71. The molecular weight excluding hydrogens is 395 g/mol. The Kier molecular flexibility index (Phi) is 7.19. The fraction of sp³-hybridized carbons (Fsp3) is 0.565. The van der Waals surface area contributed by atoms with Crippen molar-refractivity contribution in [2.45, 2.75) is 25.3 Å². The molecule has 0 spiro atoms. The lowest BCUT2D eigenvalue weighted by Gasteiger charge is -2.34. The molecule has 1 N–H and O–H groups in total. The van der Waals surface area contributed by atoms with E-state index in [4.69, 9.17) is 9.73 Å². The molecule has 1 aromatic heterocycles. The first-order valence-electron chi connectivity index (χ1n) is 11.2. The van der Waals surface area contributed by atoms with Crippen LogP contribution in [0, 0.1) is 5.82 Å². The summed E-state index contributed by atoms with van der Waals surface area (Å²) in [6.45, 7) is 8.46. The molecule has 2 aliphatic rings. The minimum atomic E-state index is -0.203. The number of guanidine groups is 1. The summed E-state index contributed by atoms with van der Waals surface area (Å²) in [5.41, 5.74) is 2.25. The van der Waals surface area contributed by atoms with Gasteiger partial charge < -0.3 is 15.0 Å². The first-order valence-corrected chi connectivity index (χ1v) is 11.2. The van der Waals surface area contributed by atoms with Gasteiger partial charge in [-0.3, -0.25) is 14.6 Å². The quantitative estimate of drug-likeness (QED) is 0.566. The molecular formula is C23H33FN6O. The number of nitrogens with zero attached hydrogens (tertiary/aromatic N) is 5. The molecule has 2 fully saturated rings. The predicted molar refractivity (Wildman–Crippen MR) is 120 cm³/mol. The molecule has 2 atom stereocenters. The number of halogens is 1. The Morgan fingerprint density at radius 3 is 2.87 bits per heavy atom. The largest absolute Gasteiger partial charge is 0.379 e. The van der Waals surface area contributed by atoms with Gasteiger partial charge >= 0.3 is 0 Å². The molecule has 2 unspecified atom stereocenters. The topological polar surface area (TPSA) is 57.9 Å². The zero-order chi connectivity index (χ0) is 21.6. The second-order valence-electron chi connectivity index (χ2n) is 8.29. The number of hydrogen-bond donors (Lipinski definition) is 1. The number of benzene rings is 1. The summed E-state index contributed by atoms with van der Waals surface area (Å²) in [5.74, 6) is 1.20. The lowest BCUT2D eigenvalue weighted by atomic mass is 10.0. The Labute approximate surface area is 183 Å². The third-order valence-corrected chi connectivity index (χ3v) is 6.15. The van der Waals surface area contributed by atoms with Gasteiger partial charge in [-0.2, -0.15) is 5.10 Å². The number of aromatic nitrogens is 2. The van der Waals surface area contributed by atoms with Crippen molar-refractivity contribution in [3.63, 3.8) is 0 Å². The third-order valence-electron chi connectivity index (χ3n) is 6.15. The molecule has 8 heteroatoms. The van der Waals surface area contributed by atoms with E-state index in [0.29, 0.717) is 25.7 Å². The average molecular weight is 429 g/mol. The van der Waals surface area contributed by atoms with Crippen molar-refractivity contribution in [1.82, 2.24) is 24.9 Å². The van der Waals surface area contributed by atoms with Crippen molar-refractivity contribution in [3.8, 4) is 0 Å². The fourth-order valence-corrected chi connectivity index (χ4v) is 4.51. The molecule has 1 aromatic carbocycles. The van der Waals surface area contributed by atoms with Crippen LogP contribution in [-0.2, 0) is 11.8 Å².